The van der Waals surface area contributed by atoms with Crippen LogP contribution in [0.2, 0.25) is 0 Å². The van der Waals surface area contributed by atoms with Crippen molar-refractivity contribution in [2.45, 2.75) is 0 Å². The second-order valence-electron chi connectivity index (χ2n) is 0. The van der Waals surface area contributed by atoms with Crippen molar-refractivity contribution in [3.8, 4) is 32.9 Å². The van der Waals surface area contributed by atoms with Crippen LogP contribution in [0.3, 0.4) is 0 Å². The van der Waals surface area contributed by atoms with E-state index in [1.807, 2.05) is 0 Å². The molecule has 0 aliphatic carbocycles. The third-order valence-electron chi connectivity index (χ3n) is 0. The first-order chi connectivity index (χ1) is 5.00. The Labute approximate surface area is 82.9 Å². The van der Waals surface area contributed by atoms with Crippen LogP contribution >= 0.6 is 0 Å². The average molecular weight is 208 g/mol. The number of nitriles is 5. The second-order valence-corrected chi connectivity index (χ2v) is 0. The maximum absolute atomic E-state index is 6.50. The summed E-state index contributed by atoms with van der Waals surface area (Å²) in [6.45, 7) is 17.5. The summed E-state index contributed by atoms with van der Waals surface area (Å²) in [7, 11) is 0. The third-order valence-corrected chi connectivity index (χ3v) is 0. The Balaban J connectivity index is -0.00000000500. The molecule has 0 aliphatic heterocycles. The van der Waals surface area contributed by atoms with Gasteiger partial charge >= 0.3 is 0 Å². The summed E-state index contributed by atoms with van der Waals surface area (Å²) in [5.41, 5.74) is 0. The SMILES string of the molecule is C#N.C#N.C#N.C#N.C#N.N.[Fe]. The second kappa shape index (κ2) is 131. The van der Waals surface area contributed by atoms with Crippen molar-refractivity contribution in [3.05, 3.63) is 0 Å². The maximum Gasteiger partial charge on any atom is 0.0462 e. The van der Waals surface area contributed by atoms with Crippen molar-refractivity contribution in [1.82, 2.24) is 6.15 Å². The summed E-state index contributed by atoms with van der Waals surface area (Å²) >= 11 is 0. The van der Waals surface area contributed by atoms with Gasteiger partial charge in [0.25, 0.3) is 0 Å². The molecule has 0 rings (SSSR count). The van der Waals surface area contributed by atoms with Gasteiger partial charge in [0.1, 0.15) is 0 Å². The van der Waals surface area contributed by atoms with Crippen molar-refractivity contribution in [2.24, 2.45) is 0 Å². The van der Waals surface area contributed by atoms with Crippen molar-refractivity contribution >= 4 is 0 Å². The van der Waals surface area contributed by atoms with Crippen LogP contribution in [-0.4, -0.2) is 0 Å². The van der Waals surface area contributed by atoms with Crippen LogP contribution in [0.25, 0.3) is 0 Å². The summed E-state index contributed by atoms with van der Waals surface area (Å²) in [4.78, 5) is 0. The van der Waals surface area contributed by atoms with Crippen molar-refractivity contribution < 1.29 is 17.1 Å². The monoisotopic (exact) mass is 208 g/mol. The smallest absolute Gasteiger partial charge is 0.0462 e. The average Bonchev–Trinajstić information content (AvgIpc) is 2.20. The molecule has 0 fully saturated rings. The van der Waals surface area contributed by atoms with Gasteiger partial charge in [0.15, 0.2) is 0 Å². The van der Waals surface area contributed by atoms with Crippen LogP contribution in [-0.2, 0) is 17.1 Å². The molecule has 0 bridgehead atoms. The van der Waals surface area contributed by atoms with Gasteiger partial charge in [-0.2, -0.15) is 0 Å². The Morgan fingerprint density at radius 1 is 0.417 bits per heavy atom. The molecule has 0 atom stereocenters. The molecule has 0 aromatic heterocycles. The van der Waals surface area contributed by atoms with E-state index in [9.17, 15) is 0 Å². The van der Waals surface area contributed by atoms with E-state index in [0.29, 0.717) is 0 Å². The number of rotatable bonds is 0. The Hall–Kier alpha value is -2.07. The van der Waals surface area contributed by atoms with Gasteiger partial charge in [-0.05, 0) is 0 Å². The summed E-state index contributed by atoms with van der Waals surface area (Å²) in [6.07, 6.45) is 0. The molecule has 0 amide bonds. The molecular weight excluding hydrogens is 200 g/mol. The summed E-state index contributed by atoms with van der Waals surface area (Å²) in [5, 5.41) is 32.5. The van der Waals surface area contributed by atoms with Gasteiger partial charge in [0, 0.05) is 49.9 Å². The zero-order valence-electron chi connectivity index (χ0n) is 6.18. The molecule has 0 aliphatic rings. The van der Waals surface area contributed by atoms with Crippen LogP contribution in [0.15, 0.2) is 0 Å². The van der Waals surface area contributed by atoms with Crippen LogP contribution < -0.4 is 6.15 Å². The topological polar surface area (TPSA) is 154 Å². The Kier molecular flexibility index (Phi) is 1010. The molecule has 0 saturated carbocycles. The Bertz CT molecular complexity index is 74.5. The molecule has 0 spiro atoms. The fourth-order valence-corrected chi connectivity index (χ4v) is 0. The first-order valence-corrected chi connectivity index (χ1v) is 1.29. The molecule has 0 aromatic rings. The van der Waals surface area contributed by atoms with Gasteiger partial charge in [-0.25, -0.2) is 26.3 Å². The quantitative estimate of drug-likeness (QED) is 0.581. The van der Waals surface area contributed by atoms with Crippen molar-refractivity contribution in [3.63, 3.8) is 0 Å². The zero-order chi connectivity index (χ0) is 10.0. The van der Waals surface area contributed by atoms with E-state index < -0.39 is 0 Å². The van der Waals surface area contributed by atoms with Gasteiger partial charge < -0.3 is 6.15 Å². The summed E-state index contributed by atoms with van der Waals surface area (Å²) < 4.78 is 0. The van der Waals surface area contributed by atoms with E-state index >= 15 is 0 Å². The minimum absolute atomic E-state index is 0. The van der Waals surface area contributed by atoms with E-state index in [4.69, 9.17) is 26.3 Å². The predicted molar refractivity (Wildman–Crippen MR) is 38.4 cm³/mol. The van der Waals surface area contributed by atoms with Gasteiger partial charge in [-0.1, -0.05) is 0 Å². The zero-order valence-corrected chi connectivity index (χ0v) is 7.29. The van der Waals surface area contributed by atoms with Gasteiger partial charge in [0.05, 0.1) is 0 Å². The maximum atomic E-state index is 6.50. The molecule has 0 unspecified atom stereocenters. The minimum Gasteiger partial charge on any atom is -0.344 e. The molecule has 0 radical (unpaired) electrons. The molecule has 7 heteroatoms. The molecular formula is C5H8FeN6. The summed E-state index contributed by atoms with van der Waals surface area (Å²) in [5.74, 6) is 0. The fraction of sp³-hybridized carbons (Fsp3) is 0. The largest absolute Gasteiger partial charge is 0.344 e. The molecule has 12 heavy (non-hydrogen) atoms. The minimum atomic E-state index is 0. The normalized spacial score (nSPS) is 0.833. The van der Waals surface area contributed by atoms with Gasteiger partial charge in [-0.15, -0.1) is 0 Å². The van der Waals surface area contributed by atoms with Gasteiger partial charge in [-0.3, -0.25) is 0 Å². The van der Waals surface area contributed by atoms with E-state index in [2.05, 4.69) is 32.9 Å². The third kappa shape index (κ3) is 88.8. The Morgan fingerprint density at radius 2 is 0.417 bits per heavy atom. The predicted octanol–water partition coefficient (Wildman–Crippen LogP) is 0.858. The van der Waals surface area contributed by atoms with Crippen molar-refractivity contribution in [1.29, 1.82) is 26.3 Å². The van der Waals surface area contributed by atoms with E-state index in [0.717, 1.165) is 0 Å². The number of hydrogen-bond donors (Lipinski definition) is 1. The van der Waals surface area contributed by atoms with Crippen LogP contribution in [0.4, 0.5) is 0 Å². The first kappa shape index (κ1) is 92.3. The first-order valence-electron chi connectivity index (χ1n) is 1.29. The van der Waals surface area contributed by atoms with E-state index in [-0.39, 0.29) is 23.2 Å². The Morgan fingerprint density at radius 3 is 0.417 bits per heavy atom. The molecule has 0 aromatic carbocycles. The van der Waals surface area contributed by atoms with E-state index in [1.54, 1.807) is 0 Å². The van der Waals surface area contributed by atoms with Gasteiger partial charge in [0.2, 0.25) is 0 Å². The standard InChI is InChI=1S/5CHN.Fe.H3N/c5*1-2;;/h5*1H;;1H3. The van der Waals surface area contributed by atoms with Crippen LogP contribution in [0, 0.1) is 59.2 Å². The molecule has 0 heterocycles. The molecule has 66 valence electrons. The molecule has 0 saturated heterocycles. The van der Waals surface area contributed by atoms with Crippen LogP contribution in [0.1, 0.15) is 0 Å². The summed E-state index contributed by atoms with van der Waals surface area (Å²) in [6, 6.07) is 0. The van der Waals surface area contributed by atoms with Crippen LogP contribution in [0.5, 0.6) is 0 Å². The molecule has 6 nitrogen and oxygen atoms in total. The van der Waals surface area contributed by atoms with Crippen molar-refractivity contribution in [2.75, 3.05) is 0 Å². The number of nitrogens with zero attached hydrogens (tertiary/aromatic N) is 5. The fourth-order valence-electron chi connectivity index (χ4n) is 0. The molecule has 3 N–H and O–H groups in total. The van der Waals surface area contributed by atoms with E-state index in [1.165, 1.54) is 0 Å². The number of hydrogen-bond acceptors (Lipinski definition) is 6.